The predicted octanol–water partition coefficient (Wildman–Crippen LogP) is 2.98. The Bertz CT molecular complexity index is 1070. The molecule has 3 rings (SSSR count). The minimum absolute atomic E-state index is 0.183. The number of aryl methyl sites for hydroxylation is 1. The summed E-state index contributed by atoms with van der Waals surface area (Å²) in [5.41, 5.74) is 6.48. The number of nitrogens with zero attached hydrogens (tertiary/aromatic N) is 5. The number of carbonyl (C=O) groups is 1. The maximum absolute atomic E-state index is 12.3. The number of carbonyl (C=O) groups excluding carboxylic acids is 1. The Morgan fingerprint density at radius 2 is 1.87 bits per heavy atom. The lowest BCUT2D eigenvalue weighted by Crippen LogP contribution is -2.17. The smallest absolute Gasteiger partial charge is 0.378 e. The summed E-state index contributed by atoms with van der Waals surface area (Å²) in [5, 5.41) is 18.8. The van der Waals surface area contributed by atoms with E-state index in [9.17, 15) is 14.9 Å². The number of anilines is 1. The normalized spacial score (nSPS) is 10.9. The Morgan fingerprint density at radius 3 is 2.43 bits per heavy atom. The molecule has 2 aromatic carbocycles. The van der Waals surface area contributed by atoms with Gasteiger partial charge in [-0.2, -0.15) is 9.78 Å². The summed E-state index contributed by atoms with van der Waals surface area (Å²) in [6.07, 6.45) is 1.58. The van der Waals surface area contributed by atoms with Crippen LogP contribution in [-0.4, -0.2) is 40.9 Å². The molecule has 0 saturated heterocycles. The molecule has 0 aliphatic rings. The first kappa shape index (κ1) is 20.7. The lowest BCUT2D eigenvalue weighted by atomic mass is 10.1. The molecule has 1 heterocycles. The van der Waals surface area contributed by atoms with Crippen molar-refractivity contribution in [2.75, 3.05) is 19.0 Å². The summed E-state index contributed by atoms with van der Waals surface area (Å²) >= 11 is 0. The number of hydrogen-bond acceptors (Lipinski definition) is 6. The largest absolute Gasteiger partial charge is 0.390 e. The zero-order valence-corrected chi connectivity index (χ0v) is 16.9. The molecule has 0 spiro atoms. The number of nitro groups is 1. The number of hydrogen-bond donors (Lipinski definition) is 1. The fraction of sp³-hybridized carbons (Fsp3) is 0.190. The van der Waals surface area contributed by atoms with Gasteiger partial charge in [0.15, 0.2) is 0 Å². The summed E-state index contributed by atoms with van der Waals surface area (Å²) in [7, 11) is 3.93. The van der Waals surface area contributed by atoms with Crippen molar-refractivity contribution in [3.63, 3.8) is 0 Å². The van der Waals surface area contributed by atoms with Gasteiger partial charge in [0.1, 0.15) is 0 Å². The molecule has 0 atom stereocenters. The van der Waals surface area contributed by atoms with Crippen LogP contribution in [0.5, 0.6) is 0 Å². The van der Waals surface area contributed by atoms with Crippen molar-refractivity contribution < 1.29 is 9.72 Å². The number of benzene rings is 2. The van der Waals surface area contributed by atoms with Gasteiger partial charge in [-0.15, -0.1) is 0 Å². The Hall–Kier alpha value is -4.01. The first-order chi connectivity index (χ1) is 14.3. The monoisotopic (exact) mass is 406 g/mol. The number of nitrogens with one attached hydrogen (secondary N) is 1. The van der Waals surface area contributed by atoms with Crippen molar-refractivity contribution in [1.82, 2.24) is 15.2 Å². The standard InChI is InChI=1S/C21H22N6O3/c1-15-12-20(27(29)30)24-26(15)14-17-4-8-18(9-5-17)21(28)23-22-13-16-6-10-19(11-7-16)25(2)3/h4-13H,14H2,1-3H3,(H,23,28)/b22-13-. The van der Waals surface area contributed by atoms with Crippen LogP contribution >= 0.6 is 0 Å². The van der Waals surface area contributed by atoms with Crippen LogP contribution in [0, 0.1) is 17.0 Å². The van der Waals surface area contributed by atoms with Crippen LogP contribution in [0.25, 0.3) is 0 Å². The average Bonchev–Trinajstić information content (AvgIpc) is 3.09. The lowest BCUT2D eigenvalue weighted by molar-refractivity contribution is -0.389. The molecule has 3 aromatic rings. The SMILES string of the molecule is Cc1cc([N+](=O)[O-])nn1Cc1ccc(C(=O)N/N=C\c2ccc(N(C)C)cc2)cc1. The molecule has 1 amide bonds. The highest BCUT2D eigenvalue weighted by Gasteiger charge is 2.15. The molecule has 0 fully saturated rings. The molecule has 30 heavy (non-hydrogen) atoms. The zero-order valence-electron chi connectivity index (χ0n) is 16.9. The molecule has 9 heteroatoms. The molecular weight excluding hydrogens is 384 g/mol. The zero-order chi connectivity index (χ0) is 21.7. The van der Waals surface area contributed by atoms with Gasteiger partial charge in [0, 0.05) is 25.3 Å². The van der Waals surface area contributed by atoms with E-state index in [4.69, 9.17) is 0 Å². The van der Waals surface area contributed by atoms with Crippen LogP contribution in [0.4, 0.5) is 11.5 Å². The summed E-state index contributed by atoms with van der Waals surface area (Å²) in [4.78, 5) is 24.6. The van der Waals surface area contributed by atoms with Crippen LogP contribution in [0.3, 0.4) is 0 Å². The van der Waals surface area contributed by atoms with Crippen molar-refractivity contribution in [3.05, 3.63) is 87.1 Å². The van der Waals surface area contributed by atoms with Gasteiger partial charge in [0.2, 0.25) is 0 Å². The van der Waals surface area contributed by atoms with E-state index in [1.807, 2.05) is 43.3 Å². The topological polar surface area (TPSA) is 106 Å². The molecule has 0 aliphatic carbocycles. The molecule has 1 N–H and O–H groups in total. The molecule has 0 radical (unpaired) electrons. The van der Waals surface area contributed by atoms with Crippen molar-refractivity contribution in [3.8, 4) is 0 Å². The van der Waals surface area contributed by atoms with Crippen molar-refractivity contribution >= 4 is 23.6 Å². The summed E-state index contributed by atoms with van der Waals surface area (Å²) in [6.45, 7) is 2.14. The van der Waals surface area contributed by atoms with Crippen molar-refractivity contribution in [1.29, 1.82) is 0 Å². The van der Waals surface area contributed by atoms with Crippen LogP contribution < -0.4 is 10.3 Å². The lowest BCUT2D eigenvalue weighted by Gasteiger charge is -2.11. The molecule has 1 aromatic heterocycles. The van der Waals surface area contributed by atoms with E-state index in [0.29, 0.717) is 17.8 Å². The minimum atomic E-state index is -0.520. The summed E-state index contributed by atoms with van der Waals surface area (Å²) < 4.78 is 1.55. The van der Waals surface area contributed by atoms with E-state index >= 15 is 0 Å². The summed E-state index contributed by atoms with van der Waals surface area (Å²) in [5.74, 6) is -0.508. The summed E-state index contributed by atoms with van der Waals surface area (Å²) in [6, 6.07) is 16.1. The second-order valence-electron chi connectivity index (χ2n) is 6.94. The van der Waals surface area contributed by atoms with E-state index in [0.717, 1.165) is 16.8 Å². The van der Waals surface area contributed by atoms with E-state index in [1.165, 1.54) is 6.07 Å². The molecule has 0 aliphatic heterocycles. The Labute approximate surface area is 173 Å². The van der Waals surface area contributed by atoms with Crippen molar-refractivity contribution in [2.24, 2.45) is 5.10 Å². The van der Waals surface area contributed by atoms with Crippen LogP contribution in [0.2, 0.25) is 0 Å². The highest BCUT2D eigenvalue weighted by atomic mass is 16.6. The highest BCUT2D eigenvalue weighted by Crippen LogP contribution is 2.14. The maximum atomic E-state index is 12.3. The van der Waals surface area contributed by atoms with Gasteiger partial charge in [-0.1, -0.05) is 24.3 Å². The van der Waals surface area contributed by atoms with E-state index in [-0.39, 0.29) is 11.7 Å². The highest BCUT2D eigenvalue weighted by molar-refractivity contribution is 5.94. The Morgan fingerprint density at radius 1 is 1.20 bits per heavy atom. The van der Waals surface area contributed by atoms with Gasteiger partial charge in [0.25, 0.3) is 5.91 Å². The molecule has 0 saturated carbocycles. The van der Waals surface area contributed by atoms with Gasteiger partial charge in [0.05, 0.1) is 29.6 Å². The first-order valence-electron chi connectivity index (χ1n) is 9.22. The van der Waals surface area contributed by atoms with Gasteiger partial charge >= 0.3 is 5.82 Å². The number of rotatable bonds is 7. The molecule has 0 unspecified atom stereocenters. The quantitative estimate of drug-likeness (QED) is 0.369. The van der Waals surface area contributed by atoms with Gasteiger partial charge in [-0.3, -0.25) is 4.79 Å². The minimum Gasteiger partial charge on any atom is -0.378 e. The molecule has 154 valence electrons. The molecule has 9 nitrogen and oxygen atoms in total. The molecule has 0 bridgehead atoms. The second-order valence-corrected chi connectivity index (χ2v) is 6.94. The van der Waals surface area contributed by atoms with Gasteiger partial charge in [-0.05, 0) is 47.2 Å². The third kappa shape index (κ3) is 5.07. The fourth-order valence-corrected chi connectivity index (χ4v) is 2.77. The maximum Gasteiger partial charge on any atom is 0.390 e. The van der Waals surface area contributed by atoms with Crippen molar-refractivity contribution in [2.45, 2.75) is 13.5 Å². The van der Waals surface area contributed by atoms with Gasteiger partial charge in [-0.25, -0.2) is 5.43 Å². The van der Waals surface area contributed by atoms with Crippen LogP contribution in [0.1, 0.15) is 27.2 Å². The van der Waals surface area contributed by atoms with E-state index in [2.05, 4.69) is 15.6 Å². The van der Waals surface area contributed by atoms with E-state index in [1.54, 1.807) is 42.1 Å². The third-order valence-corrected chi connectivity index (χ3v) is 4.49. The number of amides is 1. The first-order valence-corrected chi connectivity index (χ1v) is 9.22. The Kier molecular flexibility index (Phi) is 6.21. The van der Waals surface area contributed by atoms with E-state index < -0.39 is 4.92 Å². The fourth-order valence-electron chi connectivity index (χ4n) is 2.77. The number of hydrazone groups is 1. The van der Waals surface area contributed by atoms with Crippen LogP contribution in [0.15, 0.2) is 59.7 Å². The second kappa shape index (κ2) is 8.99. The number of aromatic nitrogens is 2. The van der Waals surface area contributed by atoms with Gasteiger partial charge < -0.3 is 15.0 Å². The Balaban J connectivity index is 1.59. The molecular formula is C21H22N6O3. The third-order valence-electron chi connectivity index (χ3n) is 4.49. The average molecular weight is 406 g/mol. The predicted molar refractivity (Wildman–Crippen MR) is 115 cm³/mol. The van der Waals surface area contributed by atoms with Crippen LogP contribution in [-0.2, 0) is 6.54 Å².